The first kappa shape index (κ1) is 18.7. The van der Waals surface area contributed by atoms with E-state index in [1.54, 1.807) is 31.5 Å². The van der Waals surface area contributed by atoms with Crippen molar-refractivity contribution < 1.29 is 18.5 Å². The van der Waals surface area contributed by atoms with Crippen LogP contribution in [0.15, 0.2) is 82.1 Å². The topological polar surface area (TPSA) is 91.2 Å². The fourth-order valence-corrected chi connectivity index (χ4v) is 3.34. The van der Waals surface area contributed by atoms with Crippen LogP contribution in [-0.2, 0) is 6.42 Å². The number of rotatable bonds is 6. The molecular weight excluding hydrogens is 394 g/mol. The molecule has 7 nitrogen and oxygen atoms in total. The van der Waals surface area contributed by atoms with Gasteiger partial charge in [0.1, 0.15) is 23.4 Å². The molecule has 0 amide bonds. The third-order valence-corrected chi connectivity index (χ3v) is 4.92. The maximum absolute atomic E-state index is 12.7. The van der Waals surface area contributed by atoms with Gasteiger partial charge in [0.15, 0.2) is 11.4 Å². The minimum absolute atomic E-state index is 0.0371. The van der Waals surface area contributed by atoms with Crippen LogP contribution in [0.5, 0.6) is 5.75 Å². The molecule has 0 saturated heterocycles. The Morgan fingerprint density at radius 3 is 2.84 bits per heavy atom. The number of aromatic nitrogens is 3. The number of Topliss-reactive ketones (excluding diaryl/α,β-unsaturated/α-hetero) is 1. The number of ketones is 1. The van der Waals surface area contributed by atoms with Crippen LogP contribution in [-0.4, -0.2) is 28.0 Å². The lowest BCUT2D eigenvalue weighted by atomic mass is 10.0. The van der Waals surface area contributed by atoms with Crippen LogP contribution in [0.25, 0.3) is 33.8 Å². The highest BCUT2D eigenvalue weighted by Gasteiger charge is 2.18. The fraction of sp³-hybridized carbons (Fsp3) is 0.0833. The number of nitrogens with zero attached hydrogens (tertiary/aromatic N) is 3. The van der Waals surface area contributed by atoms with Gasteiger partial charge in [-0.25, -0.2) is 4.98 Å². The molecule has 5 rings (SSSR count). The summed E-state index contributed by atoms with van der Waals surface area (Å²) in [5, 5.41) is 4.84. The van der Waals surface area contributed by atoms with Gasteiger partial charge >= 0.3 is 0 Å². The lowest BCUT2D eigenvalue weighted by molar-refractivity contribution is 0.0992. The molecule has 0 N–H and O–H groups in total. The van der Waals surface area contributed by atoms with Crippen molar-refractivity contribution in [2.24, 2.45) is 0 Å². The maximum Gasteiger partial charge on any atom is 0.226 e. The van der Waals surface area contributed by atoms with Crippen LogP contribution in [0.4, 0.5) is 0 Å². The first-order valence-electron chi connectivity index (χ1n) is 9.64. The number of hydrogen-bond acceptors (Lipinski definition) is 7. The Bertz CT molecular complexity index is 1370. The summed E-state index contributed by atoms with van der Waals surface area (Å²) in [6.45, 7) is 0. The minimum atomic E-state index is -0.0371. The quantitative estimate of drug-likeness (QED) is 0.364. The standard InChI is InChI=1S/C24H17N3O4/c1-29-18-7-4-5-16(11-18)24-26-20(14-30-24)23-19-12-15(8-9-22(19)31-27-23)21(28)13-17-6-2-3-10-25-17/h2-12,14H,13H2,1H3. The number of carbonyl (C=O) groups excluding carboxylic acids is 1. The van der Waals surface area contributed by atoms with Crippen molar-refractivity contribution in [1.82, 2.24) is 15.1 Å². The predicted octanol–water partition coefficient (Wildman–Crippen LogP) is 4.98. The summed E-state index contributed by atoms with van der Waals surface area (Å²) in [4.78, 5) is 21.5. The highest BCUT2D eigenvalue weighted by molar-refractivity contribution is 6.02. The van der Waals surface area contributed by atoms with Crippen LogP contribution in [0, 0.1) is 0 Å². The maximum atomic E-state index is 12.7. The molecule has 0 saturated carbocycles. The molecule has 0 spiro atoms. The molecule has 0 bridgehead atoms. The van der Waals surface area contributed by atoms with Gasteiger partial charge in [0.2, 0.25) is 5.89 Å². The Morgan fingerprint density at radius 2 is 2.00 bits per heavy atom. The Labute approximate surface area is 177 Å². The van der Waals surface area contributed by atoms with Gasteiger partial charge in [-0.15, -0.1) is 0 Å². The SMILES string of the molecule is COc1cccc(-c2nc(-c3noc4ccc(C(=O)Cc5ccccn5)cc34)co2)c1. The number of fused-ring (bicyclic) bond motifs is 1. The molecule has 31 heavy (non-hydrogen) atoms. The van der Waals surface area contributed by atoms with Gasteiger partial charge in [-0.2, -0.15) is 0 Å². The molecule has 3 heterocycles. The molecule has 0 fully saturated rings. The van der Waals surface area contributed by atoms with Crippen LogP contribution in [0.2, 0.25) is 0 Å². The van der Waals surface area contributed by atoms with E-state index in [0.29, 0.717) is 39.6 Å². The monoisotopic (exact) mass is 411 g/mol. The van der Waals surface area contributed by atoms with E-state index >= 15 is 0 Å². The van der Waals surface area contributed by atoms with Gasteiger partial charge < -0.3 is 13.7 Å². The molecule has 0 radical (unpaired) electrons. The molecule has 7 heteroatoms. The van der Waals surface area contributed by atoms with E-state index < -0.39 is 0 Å². The highest BCUT2D eigenvalue weighted by atomic mass is 16.5. The van der Waals surface area contributed by atoms with Crippen LogP contribution >= 0.6 is 0 Å². The second-order valence-corrected chi connectivity index (χ2v) is 6.93. The van der Waals surface area contributed by atoms with E-state index in [0.717, 1.165) is 11.3 Å². The van der Waals surface area contributed by atoms with Crippen molar-refractivity contribution in [3.63, 3.8) is 0 Å². The second kappa shape index (κ2) is 7.87. The smallest absolute Gasteiger partial charge is 0.226 e. The van der Waals surface area contributed by atoms with E-state index in [1.807, 2.05) is 42.5 Å². The second-order valence-electron chi connectivity index (χ2n) is 6.93. The number of carbonyl (C=O) groups is 1. The summed E-state index contributed by atoms with van der Waals surface area (Å²) in [6.07, 6.45) is 3.42. The lowest BCUT2D eigenvalue weighted by Gasteiger charge is -2.01. The van der Waals surface area contributed by atoms with E-state index in [1.165, 1.54) is 6.26 Å². The summed E-state index contributed by atoms with van der Waals surface area (Å²) in [5.41, 5.74) is 3.66. The van der Waals surface area contributed by atoms with Gasteiger partial charge in [-0.05, 0) is 48.5 Å². The largest absolute Gasteiger partial charge is 0.497 e. The van der Waals surface area contributed by atoms with E-state index in [-0.39, 0.29) is 12.2 Å². The molecule has 5 aromatic rings. The molecule has 152 valence electrons. The molecule has 2 aromatic carbocycles. The van der Waals surface area contributed by atoms with Gasteiger partial charge in [0.25, 0.3) is 0 Å². The van der Waals surface area contributed by atoms with Crippen molar-refractivity contribution in [2.75, 3.05) is 7.11 Å². The van der Waals surface area contributed by atoms with Crippen LogP contribution < -0.4 is 4.74 Å². The Balaban J connectivity index is 1.47. The predicted molar refractivity (Wildman–Crippen MR) is 114 cm³/mol. The Morgan fingerprint density at radius 1 is 1.06 bits per heavy atom. The lowest BCUT2D eigenvalue weighted by Crippen LogP contribution is -2.04. The number of methoxy groups -OCH3 is 1. The fourth-order valence-electron chi connectivity index (χ4n) is 3.34. The zero-order chi connectivity index (χ0) is 21.2. The molecule has 0 aliphatic rings. The summed E-state index contributed by atoms with van der Waals surface area (Å²) < 4.78 is 16.3. The van der Waals surface area contributed by atoms with Crippen molar-refractivity contribution in [3.8, 4) is 28.6 Å². The molecular formula is C24H17N3O4. The number of pyridine rings is 1. The third-order valence-electron chi connectivity index (χ3n) is 4.92. The number of hydrogen-bond donors (Lipinski definition) is 0. The van der Waals surface area contributed by atoms with E-state index in [2.05, 4.69) is 15.1 Å². The van der Waals surface area contributed by atoms with Crippen molar-refractivity contribution in [3.05, 3.63) is 84.4 Å². The number of oxazole rings is 1. The number of ether oxygens (including phenoxy) is 1. The van der Waals surface area contributed by atoms with Gasteiger partial charge in [-0.1, -0.05) is 17.3 Å². The average Bonchev–Trinajstić information content (AvgIpc) is 3.46. The van der Waals surface area contributed by atoms with E-state index in [4.69, 9.17) is 13.7 Å². The van der Waals surface area contributed by atoms with Crippen LogP contribution in [0.1, 0.15) is 16.1 Å². The highest BCUT2D eigenvalue weighted by Crippen LogP contribution is 2.31. The number of benzene rings is 2. The minimum Gasteiger partial charge on any atom is -0.497 e. The van der Waals surface area contributed by atoms with Crippen molar-refractivity contribution >= 4 is 16.8 Å². The zero-order valence-electron chi connectivity index (χ0n) is 16.6. The normalized spacial score (nSPS) is 11.0. The average molecular weight is 411 g/mol. The molecule has 0 aliphatic carbocycles. The third kappa shape index (κ3) is 3.69. The summed E-state index contributed by atoms with van der Waals surface area (Å²) in [5.74, 6) is 1.11. The molecule has 3 aromatic heterocycles. The van der Waals surface area contributed by atoms with Gasteiger partial charge in [0, 0.05) is 23.0 Å². The van der Waals surface area contributed by atoms with Crippen molar-refractivity contribution in [2.45, 2.75) is 6.42 Å². The summed E-state index contributed by atoms with van der Waals surface area (Å²) >= 11 is 0. The molecule has 0 aliphatic heterocycles. The van der Waals surface area contributed by atoms with Crippen LogP contribution in [0.3, 0.4) is 0 Å². The van der Waals surface area contributed by atoms with Gasteiger partial charge in [0.05, 0.1) is 18.9 Å². The molecule has 0 atom stereocenters. The van der Waals surface area contributed by atoms with Gasteiger partial charge in [-0.3, -0.25) is 9.78 Å². The summed E-state index contributed by atoms with van der Waals surface area (Å²) in [6, 6.07) is 18.2. The first-order valence-corrected chi connectivity index (χ1v) is 9.64. The van der Waals surface area contributed by atoms with Crippen molar-refractivity contribution in [1.29, 1.82) is 0 Å². The summed E-state index contributed by atoms with van der Waals surface area (Å²) in [7, 11) is 1.61. The van der Waals surface area contributed by atoms with E-state index in [9.17, 15) is 4.79 Å². The first-order chi connectivity index (χ1) is 15.2. The molecule has 0 unspecified atom stereocenters. The zero-order valence-corrected chi connectivity index (χ0v) is 16.6. The Kier molecular flexibility index (Phi) is 4.76. The Hall–Kier alpha value is -4.26.